The number of thiophene rings is 1. The smallest absolute Gasteiger partial charge is 0.251 e. The molecule has 96 valence electrons. The summed E-state index contributed by atoms with van der Waals surface area (Å²) in [5.41, 5.74) is 1.81. The Balaban J connectivity index is 2.61. The Kier molecular flexibility index (Phi) is 6.80. The Hall–Kier alpha value is -1.03. The maximum atomic E-state index is 11.9. The van der Waals surface area contributed by atoms with Gasteiger partial charge in [-0.05, 0) is 30.5 Å². The maximum Gasteiger partial charge on any atom is 0.251 e. The number of rotatable bonds is 5. The molecular weight excluding hydrogens is 289 g/mol. The summed E-state index contributed by atoms with van der Waals surface area (Å²) < 4.78 is 0. The Morgan fingerprint density at radius 1 is 1.56 bits per heavy atom. The van der Waals surface area contributed by atoms with E-state index in [1.54, 1.807) is 30.4 Å². The number of amides is 1. The lowest BCUT2D eigenvalue weighted by Crippen LogP contribution is -2.23. The van der Waals surface area contributed by atoms with Crippen LogP contribution in [0.5, 0.6) is 0 Å². The van der Waals surface area contributed by atoms with E-state index in [2.05, 4.69) is 5.32 Å². The van der Waals surface area contributed by atoms with Crippen LogP contribution >= 0.6 is 34.5 Å². The van der Waals surface area contributed by atoms with E-state index in [1.807, 2.05) is 17.5 Å². The largest absolute Gasteiger partial charge is 0.347 e. The fourth-order valence-electron chi connectivity index (χ4n) is 1.22. The quantitative estimate of drug-likeness (QED) is 0.641. The molecule has 18 heavy (non-hydrogen) atoms. The molecule has 5 heteroatoms. The highest BCUT2D eigenvalue weighted by atomic mass is 35.5. The van der Waals surface area contributed by atoms with Crippen molar-refractivity contribution in [3.8, 4) is 0 Å². The van der Waals surface area contributed by atoms with E-state index >= 15 is 0 Å². The van der Waals surface area contributed by atoms with Gasteiger partial charge in [-0.15, -0.1) is 11.3 Å². The van der Waals surface area contributed by atoms with Gasteiger partial charge in [0, 0.05) is 21.0 Å². The first-order valence-corrected chi connectivity index (χ1v) is 6.97. The van der Waals surface area contributed by atoms with Crippen LogP contribution in [0.3, 0.4) is 0 Å². The van der Waals surface area contributed by atoms with Gasteiger partial charge < -0.3 is 5.32 Å². The van der Waals surface area contributed by atoms with E-state index < -0.39 is 0 Å². The zero-order valence-corrected chi connectivity index (χ0v) is 12.1. The number of hydrogen-bond donors (Lipinski definition) is 1. The summed E-state index contributed by atoms with van der Waals surface area (Å²) in [7, 11) is 0. The first-order valence-electron chi connectivity index (χ1n) is 5.28. The van der Waals surface area contributed by atoms with Gasteiger partial charge in [-0.3, -0.25) is 4.79 Å². The van der Waals surface area contributed by atoms with Crippen LogP contribution in [0.2, 0.25) is 0 Å². The van der Waals surface area contributed by atoms with E-state index in [-0.39, 0.29) is 5.91 Å². The van der Waals surface area contributed by atoms with Gasteiger partial charge in [-0.1, -0.05) is 35.3 Å². The molecule has 0 spiro atoms. The van der Waals surface area contributed by atoms with Crippen LogP contribution in [0, 0.1) is 0 Å². The van der Waals surface area contributed by atoms with E-state index in [4.69, 9.17) is 23.2 Å². The summed E-state index contributed by atoms with van der Waals surface area (Å²) in [5, 5.41) is 5.21. The summed E-state index contributed by atoms with van der Waals surface area (Å²) >= 11 is 12.9. The first kappa shape index (κ1) is 15.0. The zero-order chi connectivity index (χ0) is 13.4. The van der Waals surface area contributed by atoms with Crippen molar-refractivity contribution < 1.29 is 4.79 Å². The number of hydrogen-bond acceptors (Lipinski definition) is 2. The molecule has 1 amide bonds. The molecule has 0 fully saturated rings. The monoisotopic (exact) mass is 301 g/mol. The highest BCUT2D eigenvalue weighted by molar-refractivity contribution is 7.09. The Morgan fingerprint density at radius 2 is 2.33 bits per heavy atom. The molecule has 0 aromatic carbocycles. The number of carbonyl (C=O) groups is 1. The second kappa shape index (κ2) is 8.14. The van der Waals surface area contributed by atoms with Crippen LogP contribution in [-0.4, -0.2) is 5.91 Å². The van der Waals surface area contributed by atoms with Crippen LogP contribution < -0.4 is 5.32 Å². The molecule has 2 nitrogen and oxygen atoms in total. The van der Waals surface area contributed by atoms with Crippen molar-refractivity contribution in [1.82, 2.24) is 5.32 Å². The minimum atomic E-state index is -0.160. The van der Waals surface area contributed by atoms with Crippen LogP contribution in [0.25, 0.3) is 0 Å². The lowest BCUT2D eigenvalue weighted by molar-refractivity contribution is -0.117. The predicted molar refractivity (Wildman–Crippen MR) is 78.9 cm³/mol. The van der Waals surface area contributed by atoms with Crippen molar-refractivity contribution in [3.63, 3.8) is 0 Å². The van der Waals surface area contributed by atoms with Crippen LogP contribution in [0.4, 0.5) is 0 Å². The normalized spacial score (nSPS) is 13.1. The first-order chi connectivity index (χ1) is 8.67. The van der Waals surface area contributed by atoms with Crippen molar-refractivity contribution in [3.05, 3.63) is 56.8 Å². The molecule has 0 atom stereocenters. The molecule has 0 saturated heterocycles. The highest BCUT2D eigenvalue weighted by Crippen LogP contribution is 2.11. The molecule has 0 aliphatic heterocycles. The Bertz CT molecular complexity index is 475. The number of allylic oxidation sites excluding steroid dienone is 3. The lowest BCUT2D eigenvalue weighted by Gasteiger charge is -2.04. The van der Waals surface area contributed by atoms with Crippen molar-refractivity contribution in [2.45, 2.75) is 13.5 Å². The van der Waals surface area contributed by atoms with Gasteiger partial charge in [0.25, 0.3) is 5.91 Å². The summed E-state index contributed by atoms with van der Waals surface area (Å²) in [6, 6.07) is 3.92. The van der Waals surface area contributed by atoms with Crippen LogP contribution in [0.15, 0.2) is 51.9 Å². The average Bonchev–Trinajstić information content (AvgIpc) is 2.86. The van der Waals surface area contributed by atoms with E-state index in [0.717, 1.165) is 4.88 Å². The molecule has 0 radical (unpaired) electrons. The summed E-state index contributed by atoms with van der Waals surface area (Å²) in [5.74, 6) is -0.160. The third-order valence-electron chi connectivity index (χ3n) is 2.09. The molecule has 0 aliphatic carbocycles. The second-order valence-corrected chi connectivity index (χ2v) is 5.05. The Morgan fingerprint density at radius 3 is 2.89 bits per heavy atom. The van der Waals surface area contributed by atoms with Gasteiger partial charge >= 0.3 is 0 Å². The molecule has 0 bridgehead atoms. The second-order valence-electron chi connectivity index (χ2n) is 3.33. The van der Waals surface area contributed by atoms with Crippen LogP contribution in [-0.2, 0) is 11.3 Å². The average molecular weight is 302 g/mol. The highest BCUT2D eigenvalue weighted by Gasteiger charge is 2.06. The zero-order valence-electron chi connectivity index (χ0n) is 9.82. The standard InChI is InChI=1S/C13H13Cl2NOS/c1-2-10(8-11(15)5-6-14)13(17)16-9-12-4-3-7-18-12/h2-8H,9H2,1H3,(H,16,17)/b6-5+,10-2+,11-8+. The molecule has 0 aliphatic rings. The molecule has 1 rings (SSSR count). The maximum absolute atomic E-state index is 11.9. The van der Waals surface area contributed by atoms with E-state index in [0.29, 0.717) is 17.2 Å². The third kappa shape index (κ3) is 5.08. The number of nitrogens with one attached hydrogen (secondary N) is 1. The van der Waals surface area contributed by atoms with Crippen molar-refractivity contribution >= 4 is 40.4 Å². The summed E-state index contributed by atoms with van der Waals surface area (Å²) in [6.07, 6.45) is 4.79. The van der Waals surface area contributed by atoms with Crippen molar-refractivity contribution in [2.24, 2.45) is 0 Å². The van der Waals surface area contributed by atoms with Gasteiger partial charge in [0.15, 0.2) is 0 Å². The number of halogens is 2. The van der Waals surface area contributed by atoms with Gasteiger partial charge in [0.1, 0.15) is 0 Å². The Labute approximate surface area is 121 Å². The molecule has 1 aromatic heterocycles. The number of carbonyl (C=O) groups excluding carboxylic acids is 1. The fourth-order valence-corrected chi connectivity index (χ4v) is 2.24. The predicted octanol–water partition coefficient (Wildman–Crippen LogP) is 4.19. The third-order valence-corrected chi connectivity index (χ3v) is 3.33. The van der Waals surface area contributed by atoms with E-state index in [9.17, 15) is 4.79 Å². The molecular formula is C13H13Cl2NOS. The van der Waals surface area contributed by atoms with Crippen molar-refractivity contribution in [2.75, 3.05) is 0 Å². The van der Waals surface area contributed by atoms with Gasteiger partial charge in [0.05, 0.1) is 6.54 Å². The van der Waals surface area contributed by atoms with Crippen LogP contribution in [0.1, 0.15) is 11.8 Å². The minimum absolute atomic E-state index is 0.160. The molecule has 1 heterocycles. The fraction of sp³-hybridized carbons (Fsp3) is 0.154. The van der Waals surface area contributed by atoms with Crippen molar-refractivity contribution in [1.29, 1.82) is 0 Å². The molecule has 1 aromatic rings. The lowest BCUT2D eigenvalue weighted by atomic mass is 10.2. The molecule has 1 N–H and O–H groups in total. The topological polar surface area (TPSA) is 29.1 Å². The van der Waals surface area contributed by atoms with Gasteiger partial charge in [0.2, 0.25) is 0 Å². The summed E-state index contributed by atoms with van der Waals surface area (Å²) in [4.78, 5) is 13.0. The minimum Gasteiger partial charge on any atom is -0.347 e. The van der Waals surface area contributed by atoms with E-state index in [1.165, 1.54) is 11.6 Å². The SMILES string of the molecule is C\C=C(/C=C(Cl)\C=C\Cl)C(=O)NCc1cccs1. The molecule has 0 saturated carbocycles. The summed E-state index contributed by atoms with van der Waals surface area (Å²) in [6.45, 7) is 2.30. The molecule has 0 unspecified atom stereocenters. The van der Waals surface area contributed by atoms with Gasteiger partial charge in [-0.25, -0.2) is 0 Å². The van der Waals surface area contributed by atoms with Gasteiger partial charge in [-0.2, -0.15) is 0 Å².